The van der Waals surface area contributed by atoms with Crippen LogP contribution < -0.4 is 10.2 Å². The number of hydrogen-bond acceptors (Lipinski definition) is 7. The molecule has 25 heavy (non-hydrogen) atoms. The zero-order chi connectivity index (χ0) is 18.0. The lowest BCUT2D eigenvalue weighted by Gasteiger charge is -2.12. The maximum Gasteiger partial charge on any atom is 0.322 e. The Bertz CT molecular complexity index is 796. The second-order valence-electron chi connectivity index (χ2n) is 5.77. The van der Waals surface area contributed by atoms with E-state index in [9.17, 15) is 14.4 Å². The summed E-state index contributed by atoms with van der Waals surface area (Å²) in [4.78, 5) is 38.3. The maximum atomic E-state index is 12.2. The molecule has 0 bridgehead atoms. The molecule has 1 aliphatic heterocycles. The highest BCUT2D eigenvalue weighted by atomic mass is 16.4. The topological polar surface area (TPSA) is 109 Å². The summed E-state index contributed by atoms with van der Waals surface area (Å²) >= 11 is 0. The van der Waals surface area contributed by atoms with Gasteiger partial charge < -0.3 is 9.32 Å². The Morgan fingerprint density at radius 3 is 2.40 bits per heavy atom. The summed E-state index contributed by atoms with van der Waals surface area (Å²) in [7, 11) is 3.82. The summed E-state index contributed by atoms with van der Waals surface area (Å²) in [6.07, 6.45) is 0.388. The van der Waals surface area contributed by atoms with Crippen molar-refractivity contribution in [2.24, 2.45) is 0 Å². The van der Waals surface area contributed by atoms with Gasteiger partial charge >= 0.3 is 6.01 Å². The van der Waals surface area contributed by atoms with Crippen molar-refractivity contribution in [3.05, 3.63) is 35.7 Å². The second-order valence-corrected chi connectivity index (χ2v) is 5.77. The highest BCUT2D eigenvalue weighted by Crippen LogP contribution is 2.17. The van der Waals surface area contributed by atoms with Crippen LogP contribution in [0.4, 0.5) is 11.7 Å². The lowest BCUT2D eigenvalue weighted by atomic mass is 10.2. The Kier molecular flexibility index (Phi) is 4.46. The zero-order valence-corrected chi connectivity index (χ0v) is 13.9. The fourth-order valence-electron chi connectivity index (χ4n) is 2.38. The molecule has 2 heterocycles. The summed E-state index contributed by atoms with van der Waals surface area (Å²) < 4.78 is 5.29. The normalized spacial score (nSPS) is 14.1. The smallest absolute Gasteiger partial charge is 0.322 e. The van der Waals surface area contributed by atoms with Crippen molar-refractivity contribution in [1.29, 1.82) is 0 Å². The number of likely N-dealkylation sites (tertiary alicyclic amines) is 1. The molecule has 2 aromatic rings. The Labute approximate surface area is 143 Å². The third-order valence-corrected chi connectivity index (χ3v) is 3.78. The molecule has 130 valence electrons. The van der Waals surface area contributed by atoms with Gasteiger partial charge in [0.25, 0.3) is 5.91 Å². The van der Waals surface area contributed by atoms with E-state index in [4.69, 9.17) is 4.42 Å². The van der Waals surface area contributed by atoms with Gasteiger partial charge in [0.15, 0.2) is 0 Å². The molecule has 1 aliphatic rings. The molecule has 1 saturated heterocycles. The lowest BCUT2D eigenvalue weighted by molar-refractivity contribution is -0.139. The van der Waals surface area contributed by atoms with Crippen molar-refractivity contribution in [2.45, 2.75) is 19.4 Å². The first-order chi connectivity index (χ1) is 11.9. The summed E-state index contributed by atoms with van der Waals surface area (Å²) in [5.41, 5.74) is 1.41. The van der Waals surface area contributed by atoms with Crippen LogP contribution in [0.25, 0.3) is 0 Å². The van der Waals surface area contributed by atoms with Crippen molar-refractivity contribution >= 4 is 29.4 Å². The minimum Gasteiger partial charge on any atom is -0.406 e. The molecular formula is C16H17N5O4. The van der Waals surface area contributed by atoms with Crippen LogP contribution in [0, 0.1) is 0 Å². The fraction of sp³-hybridized carbons (Fsp3) is 0.312. The van der Waals surface area contributed by atoms with Crippen LogP contribution in [0.15, 0.2) is 28.7 Å². The number of rotatable bonds is 5. The zero-order valence-electron chi connectivity index (χ0n) is 13.9. The number of nitrogens with zero attached hydrogens (tertiary/aromatic N) is 4. The summed E-state index contributed by atoms with van der Waals surface area (Å²) in [5, 5.41) is 9.96. The van der Waals surface area contributed by atoms with E-state index in [0.717, 1.165) is 10.6 Å². The number of aromatic nitrogens is 2. The van der Waals surface area contributed by atoms with Crippen molar-refractivity contribution in [2.75, 3.05) is 24.3 Å². The minimum atomic E-state index is -0.395. The highest BCUT2D eigenvalue weighted by Gasteiger charge is 2.30. The maximum absolute atomic E-state index is 12.2. The molecule has 0 aliphatic carbocycles. The molecular weight excluding hydrogens is 326 g/mol. The Morgan fingerprint density at radius 2 is 1.80 bits per heavy atom. The van der Waals surface area contributed by atoms with Gasteiger partial charge in [0, 0.05) is 38.2 Å². The number of benzene rings is 1. The van der Waals surface area contributed by atoms with Gasteiger partial charge in [-0.05, 0) is 24.3 Å². The van der Waals surface area contributed by atoms with E-state index >= 15 is 0 Å². The second kappa shape index (κ2) is 6.71. The van der Waals surface area contributed by atoms with E-state index in [1.54, 1.807) is 12.1 Å². The van der Waals surface area contributed by atoms with Crippen LogP contribution in [0.5, 0.6) is 0 Å². The van der Waals surface area contributed by atoms with Gasteiger partial charge in [-0.1, -0.05) is 5.10 Å². The summed E-state index contributed by atoms with van der Waals surface area (Å²) in [5.74, 6) is -0.847. The summed E-state index contributed by atoms with van der Waals surface area (Å²) in [6, 6.07) is 6.92. The van der Waals surface area contributed by atoms with Gasteiger partial charge in [-0.3, -0.25) is 24.6 Å². The van der Waals surface area contributed by atoms with Crippen LogP contribution >= 0.6 is 0 Å². The number of amides is 3. The Hall–Kier alpha value is -3.23. The van der Waals surface area contributed by atoms with Crippen molar-refractivity contribution in [3.63, 3.8) is 0 Å². The van der Waals surface area contributed by atoms with Gasteiger partial charge in [0.2, 0.25) is 17.7 Å². The monoisotopic (exact) mass is 343 g/mol. The Balaban J connectivity index is 1.63. The standard InChI is InChI=1S/C16H17N5O4/c1-20(2)11-5-3-10(4-6-11)15(24)17-16-19-18-12(25-16)9-21-13(22)7-8-14(21)23/h3-6H,7-9H2,1-2H3,(H,17,19,24). The number of anilines is 2. The molecule has 0 radical (unpaired) electrons. The van der Waals surface area contributed by atoms with Crippen LogP contribution in [-0.2, 0) is 16.1 Å². The molecule has 1 N–H and O–H groups in total. The van der Waals surface area contributed by atoms with Crippen molar-refractivity contribution in [1.82, 2.24) is 15.1 Å². The first-order valence-corrected chi connectivity index (χ1v) is 7.68. The Morgan fingerprint density at radius 1 is 1.16 bits per heavy atom. The predicted octanol–water partition coefficient (Wildman–Crippen LogP) is 1.04. The molecule has 9 heteroatoms. The number of carbonyl (C=O) groups is 3. The molecule has 1 fully saturated rings. The largest absolute Gasteiger partial charge is 0.406 e. The van der Waals surface area contributed by atoms with Gasteiger partial charge in [0.1, 0.15) is 6.54 Å². The number of hydrogen-bond donors (Lipinski definition) is 1. The van der Waals surface area contributed by atoms with E-state index in [0.29, 0.717) is 5.56 Å². The third kappa shape index (κ3) is 3.65. The van der Waals surface area contributed by atoms with Crippen molar-refractivity contribution < 1.29 is 18.8 Å². The van der Waals surface area contributed by atoms with Gasteiger partial charge in [-0.25, -0.2) is 0 Å². The molecule has 9 nitrogen and oxygen atoms in total. The molecule has 0 saturated carbocycles. The SMILES string of the molecule is CN(C)c1ccc(C(=O)Nc2nnc(CN3C(=O)CCC3=O)o2)cc1. The van der Waals surface area contributed by atoms with Crippen molar-refractivity contribution in [3.8, 4) is 0 Å². The average molecular weight is 343 g/mol. The molecule has 0 atom stereocenters. The van der Waals surface area contributed by atoms with E-state index in [2.05, 4.69) is 15.5 Å². The van der Waals surface area contributed by atoms with E-state index in [1.165, 1.54) is 0 Å². The molecule has 0 spiro atoms. The van der Waals surface area contributed by atoms with Gasteiger partial charge in [-0.2, -0.15) is 0 Å². The number of imide groups is 1. The highest BCUT2D eigenvalue weighted by molar-refractivity contribution is 6.03. The summed E-state index contributed by atoms with van der Waals surface area (Å²) in [6.45, 7) is -0.0852. The van der Waals surface area contributed by atoms with Crippen LogP contribution in [0.2, 0.25) is 0 Å². The first-order valence-electron chi connectivity index (χ1n) is 7.68. The molecule has 0 unspecified atom stereocenters. The van der Waals surface area contributed by atoms with E-state index < -0.39 is 5.91 Å². The van der Waals surface area contributed by atoms with E-state index in [1.807, 2.05) is 31.1 Å². The van der Waals surface area contributed by atoms with Gasteiger partial charge in [-0.15, -0.1) is 5.10 Å². The minimum absolute atomic E-state index is 0.0851. The molecule has 1 aromatic carbocycles. The van der Waals surface area contributed by atoms with Gasteiger partial charge in [0.05, 0.1) is 0 Å². The number of carbonyl (C=O) groups excluding carboxylic acids is 3. The average Bonchev–Trinajstić information content (AvgIpc) is 3.16. The first kappa shape index (κ1) is 16.6. The molecule has 1 aromatic heterocycles. The molecule has 3 amide bonds. The third-order valence-electron chi connectivity index (χ3n) is 3.78. The van der Waals surface area contributed by atoms with Crippen LogP contribution in [-0.4, -0.2) is 46.9 Å². The number of nitrogens with one attached hydrogen (secondary N) is 1. The van der Waals surface area contributed by atoms with Crippen LogP contribution in [0.3, 0.4) is 0 Å². The quantitative estimate of drug-likeness (QED) is 0.808. The fourth-order valence-corrected chi connectivity index (χ4v) is 2.38. The van der Waals surface area contributed by atoms with Crippen LogP contribution in [0.1, 0.15) is 29.1 Å². The van der Waals surface area contributed by atoms with E-state index in [-0.39, 0.29) is 43.1 Å². The predicted molar refractivity (Wildman–Crippen MR) is 87.8 cm³/mol. The lowest BCUT2D eigenvalue weighted by Crippen LogP contribution is -2.28. The molecule has 3 rings (SSSR count).